The molecule has 0 fully saturated rings. The molecule has 0 aliphatic carbocycles. The zero-order valence-corrected chi connectivity index (χ0v) is 14.2. The van der Waals surface area contributed by atoms with Gasteiger partial charge in [0.1, 0.15) is 11.6 Å². The molecule has 0 heterocycles. The van der Waals surface area contributed by atoms with Crippen LogP contribution in [-0.2, 0) is 6.54 Å². The third kappa shape index (κ3) is 3.76. The van der Waals surface area contributed by atoms with Crippen LogP contribution >= 0.6 is 11.6 Å². The summed E-state index contributed by atoms with van der Waals surface area (Å²) in [5, 5.41) is 0.224. The number of carbonyl (C=O) groups excluding carboxylic acids is 1. The predicted molar refractivity (Wildman–Crippen MR) is 86.7 cm³/mol. The highest BCUT2D eigenvalue weighted by atomic mass is 35.5. The molecule has 2 rings (SSSR count). The van der Waals surface area contributed by atoms with E-state index in [9.17, 15) is 13.6 Å². The van der Waals surface area contributed by atoms with Gasteiger partial charge in [0.05, 0.1) is 19.2 Å². The highest BCUT2D eigenvalue weighted by molar-refractivity contribution is 6.32. The Hall–Kier alpha value is -2.34. The van der Waals surface area contributed by atoms with Gasteiger partial charge in [0.2, 0.25) is 0 Å². The van der Waals surface area contributed by atoms with Crippen molar-refractivity contribution in [1.29, 1.82) is 0 Å². The third-order valence-corrected chi connectivity index (χ3v) is 3.73. The van der Waals surface area contributed by atoms with Gasteiger partial charge in [0.25, 0.3) is 5.91 Å². The zero-order chi connectivity index (χ0) is 17.9. The number of hydrogen-bond donors (Lipinski definition) is 0. The van der Waals surface area contributed by atoms with E-state index in [-0.39, 0.29) is 28.6 Å². The molecule has 24 heavy (non-hydrogen) atoms. The largest absolute Gasteiger partial charge is 0.493 e. The molecular weight excluding hydrogens is 340 g/mol. The maximum atomic E-state index is 13.7. The van der Waals surface area contributed by atoms with E-state index in [1.165, 1.54) is 44.4 Å². The molecule has 0 spiro atoms. The normalized spacial score (nSPS) is 10.4. The predicted octanol–water partition coefficient (Wildman–Crippen LogP) is 3.91. The maximum Gasteiger partial charge on any atom is 0.254 e. The lowest BCUT2D eigenvalue weighted by Gasteiger charge is -2.19. The van der Waals surface area contributed by atoms with Crippen molar-refractivity contribution < 1.29 is 23.0 Å². The van der Waals surface area contributed by atoms with Crippen molar-refractivity contribution in [2.75, 3.05) is 21.3 Å². The Balaban J connectivity index is 2.26. The van der Waals surface area contributed by atoms with Crippen LogP contribution in [0.5, 0.6) is 11.5 Å². The van der Waals surface area contributed by atoms with Crippen molar-refractivity contribution in [3.8, 4) is 11.5 Å². The fourth-order valence-electron chi connectivity index (χ4n) is 2.24. The number of hydrogen-bond acceptors (Lipinski definition) is 3. The molecule has 0 bridgehead atoms. The van der Waals surface area contributed by atoms with E-state index in [1.807, 2.05) is 0 Å². The van der Waals surface area contributed by atoms with Gasteiger partial charge < -0.3 is 14.4 Å². The number of amides is 1. The first-order valence-corrected chi connectivity index (χ1v) is 7.36. The molecule has 0 aromatic heterocycles. The SMILES string of the molecule is COc1cc(C(=O)N(C)Cc2ccc(F)cc2F)cc(Cl)c1OC. The van der Waals surface area contributed by atoms with Crippen molar-refractivity contribution in [2.45, 2.75) is 6.54 Å². The van der Waals surface area contributed by atoms with Crippen LogP contribution in [0.1, 0.15) is 15.9 Å². The summed E-state index contributed by atoms with van der Waals surface area (Å²) in [6.07, 6.45) is 0. The standard InChI is InChI=1S/C17H16ClF2NO3/c1-21(9-10-4-5-12(19)8-14(10)20)17(22)11-6-13(18)16(24-3)15(7-11)23-2/h4-8H,9H2,1-3H3. The van der Waals surface area contributed by atoms with Crippen molar-refractivity contribution in [3.05, 3.63) is 58.1 Å². The van der Waals surface area contributed by atoms with E-state index in [1.54, 1.807) is 0 Å². The van der Waals surface area contributed by atoms with Gasteiger partial charge in [-0.2, -0.15) is 0 Å². The quantitative estimate of drug-likeness (QED) is 0.816. The summed E-state index contributed by atoms with van der Waals surface area (Å²) in [5.41, 5.74) is 0.474. The highest BCUT2D eigenvalue weighted by Gasteiger charge is 2.19. The Labute approximate surface area is 143 Å². The fourth-order valence-corrected chi connectivity index (χ4v) is 2.53. The van der Waals surface area contributed by atoms with Crippen LogP contribution < -0.4 is 9.47 Å². The number of benzene rings is 2. The minimum Gasteiger partial charge on any atom is -0.493 e. The first-order chi connectivity index (χ1) is 11.4. The van der Waals surface area contributed by atoms with Gasteiger partial charge in [-0.05, 0) is 18.2 Å². The number of rotatable bonds is 5. The molecule has 0 saturated heterocycles. The maximum absolute atomic E-state index is 13.7. The van der Waals surface area contributed by atoms with Gasteiger partial charge in [0, 0.05) is 30.8 Å². The Morgan fingerprint density at radius 1 is 1.17 bits per heavy atom. The van der Waals surface area contributed by atoms with Crippen LogP contribution in [0.4, 0.5) is 8.78 Å². The Morgan fingerprint density at radius 2 is 1.88 bits per heavy atom. The lowest BCUT2D eigenvalue weighted by Crippen LogP contribution is -2.26. The smallest absolute Gasteiger partial charge is 0.254 e. The molecule has 0 aliphatic rings. The van der Waals surface area contributed by atoms with Crippen LogP contribution in [-0.4, -0.2) is 32.1 Å². The second-order valence-corrected chi connectivity index (χ2v) is 5.50. The van der Waals surface area contributed by atoms with Crippen molar-refractivity contribution >= 4 is 17.5 Å². The summed E-state index contributed by atoms with van der Waals surface area (Å²) in [5.74, 6) is -1.13. The molecule has 1 amide bonds. The van der Waals surface area contributed by atoms with Crippen molar-refractivity contribution in [2.24, 2.45) is 0 Å². The van der Waals surface area contributed by atoms with Crippen molar-refractivity contribution in [3.63, 3.8) is 0 Å². The lowest BCUT2D eigenvalue weighted by molar-refractivity contribution is 0.0783. The van der Waals surface area contributed by atoms with Crippen LogP contribution in [0.2, 0.25) is 5.02 Å². The Kier molecular flexibility index (Phi) is 5.62. The molecule has 128 valence electrons. The van der Waals surface area contributed by atoms with Gasteiger partial charge in [-0.15, -0.1) is 0 Å². The van der Waals surface area contributed by atoms with Crippen LogP contribution in [0.15, 0.2) is 30.3 Å². The van der Waals surface area contributed by atoms with E-state index >= 15 is 0 Å². The second kappa shape index (κ2) is 7.49. The van der Waals surface area contributed by atoms with E-state index in [2.05, 4.69) is 0 Å². The molecular formula is C17H16ClF2NO3. The van der Waals surface area contributed by atoms with Crippen LogP contribution in [0, 0.1) is 11.6 Å². The average Bonchev–Trinajstić information content (AvgIpc) is 2.55. The molecule has 0 N–H and O–H groups in total. The first kappa shape index (κ1) is 18.0. The molecule has 0 atom stereocenters. The molecule has 7 heteroatoms. The third-order valence-electron chi connectivity index (χ3n) is 3.45. The molecule has 4 nitrogen and oxygen atoms in total. The number of halogens is 3. The van der Waals surface area contributed by atoms with Crippen LogP contribution in [0.25, 0.3) is 0 Å². The topological polar surface area (TPSA) is 38.8 Å². The minimum atomic E-state index is -0.708. The summed E-state index contributed by atoms with van der Waals surface area (Å²) in [6.45, 7) is -0.0170. The molecule has 2 aromatic carbocycles. The van der Waals surface area contributed by atoms with Crippen LogP contribution in [0.3, 0.4) is 0 Å². The average molecular weight is 356 g/mol. The van der Waals surface area contributed by atoms with Crippen molar-refractivity contribution in [1.82, 2.24) is 4.90 Å². The number of methoxy groups -OCH3 is 2. The minimum absolute atomic E-state index is 0.0170. The Morgan fingerprint density at radius 3 is 2.46 bits per heavy atom. The van der Waals surface area contributed by atoms with E-state index in [0.717, 1.165) is 12.1 Å². The molecule has 0 aliphatic heterocycles. The summed E-state index contributed by atoms with van der Waals surface area (Å²) < 4.78 is 36.9. The summed E-state index contributed by atoms with van der Waals surface area (Å²) in [6, 6.07) is 6.16. The van der Waals surface area contributed by atoms with E-state index in [0.29, 0.717) is 11.5 Å². The van der Waals surface area contributed by atoms with E-state index < -0.39 is 11.6 Å². The van der Waals surface area contributed by atoms with Gasteiger partial charge >= 0.3 is 0 Å². The van der Waals surface area contributed by atoms with Gasteiger partial charge in [0.15, 0.2) is 11.5 Å². The zero-order valence-electron chi connectivity index (χ0n) is 13.4. The molecule has 0 radical (unpaired) electrons. The second-order valence-electron chi connectivity index (χ2n) is 5.09. The fraction of sp³-hybridized carbons (Fsp3) is 0.235. The highest BCUT2D eigenvalue weighted by Crippen LogP contribution is 2.36. The summed E-state index contributed by atoms with van der Waals surface area (Å²) >= 11 is 6.09. The monoisotopic (exact) mass is 355 g/mol. The summed E-state index contributed by atoms with van der Waals surface area (Å²) in [4.78, 5) is 13.8. The first-order valence-electron chi connectivity index (χ1n) is 6.98. The molecule has 2 aromatic rings. The number of ether oxygens (including phenoxy) is 2. The van der Waals surface area contributed by atoms with Gasteiger partial charge in [-0.3, -0.25) is 4.79 Å². The Bertz CT molecular complexity index is 768. The number of carbonyl (C=O) groups is 1. The molecule has 0 unspecified atom stereocenters. The number of nitrogens with zero attached hydrogens (tertiary/aromatic N) is 1. The van der Waals surface area contributed by atoms with Gasteiger partial charge in [-0.25, -0.2) is 8.78 Å². The lowest BCUT2D eigenvalue weighted by atomic mass is 10.1. The molecule has 0 saturated carbocycles. The summed E-state index contributed by atoms with van der Waals surface area (Å²) in [7, 11) is 4.38. The van der Waals surface area contributed by atoms with Gasteiger partial charge in [-0.1, -0.05) is 17.7 Å². The van der Waals surface area contributed by atoms with E-state index in [4.69, 9.17) is 21.1 Å².